The summed E-state index contributed by atoms with van der Waals surface area (Å²) in [5.41, 5.74) is 2.81. The number of hydrogen-bond donors (Lipinski definition) is 1. The Bertz CT molecular complexity index is 1160. The van der Waals surface area contributed by atoms with Crippen molar-refractivity contribution in [2.24, 2.45) is 0 Å². The highest BCUT2D eigenvalue weighted by atomic mass is 16.5. The first-order valence-corrected chi connectivity index (χ1v) is 12.1. The summed E-state index contributed by atoms with van der Waals surface area (Å²) in [7, 11) is 5.30. The number of amides is 1. The van der Waals surface area contributed by atoms with Crippen molar-refractivity contribution in [2.45, 2.75) is 31.1 Å². The Morgan fingerprint density at radius 2 is 1.64 bits per heavy atom. The van der Waals surface area contributed by atoms with Crippen molar-refractivity contribution in [3.05, 3.63) is 65.5 Å². The van der Waals surface area contributed by atoms with Crippen LogP contribution in [0.1, 0.15) is 31.2 Å². The highest BCUT2D eigenvalue weighted by molar-refractivity contribution is 6.03. The molecule has 1 saturated heterocycles. The second-order valence-corrected chi connectivity index (χ2v) is 9.24. The van der Waals surface area contributed by atoms with Crippen LogP contribution in [0.2, 0.25) is 0 Å². The highest BCUT2D eigenvalue weighted by Crippen LogP contribution is 2.40. The summed E-state index contributed by atoms with van der Waals surface area (Å²) < 4.78 is 10.9. The number of Topliss-reactive ketones (excluding diaryl/α,β-unsaturated/α-hetero) is 1. The first kappa shape index (κ1) is 25.3. The van der Waals surface area contributed by atoms with Gasteiger partial charge >= 0.3 is 0 Å². The number of para-hydroxylation sites is 2. The third-order valence-electron chi connectivity index (χ3n) is 7.21. The molecule has 0 aromatic heterocycles. The lowest BCUT2D eigenvalue weighted by Gasteiger charge is -2.38. The monoisotopic (exact) mass is 488 g/mol. The lowest BCUT2D eigenvalue weighted by molar-refractivity contribution is -0.124. The third kappa shape index (κ3) is 4.93. The molecule has 0 unspecified atom stereocenters. The number of rotatable bonds is 8. The average Bonchev–Trinajstić information content (AvgIpc) is 3.17. The molecule has 0 spiro atoms. The smallest absolute Gasteiger partial charge is 0.220 e. The molecule has 8 heteroatoms. The van der Waals surface area contributed by atoms with Crippen molar-refractivity contribution in [1.82, 2.24) is 5.32 Å². The third-order valence-corrected chi connectivity index (χ3v) is 7.21. The zero-order valence-electron chi connectivity index (χ0n) is 21.0. The summed E-state index contributed by atoms with van der Waals surface area (Å²) in [4.78, 5) is 29.5. The van der Waals surface area contributed by atoms with Crippen molar-refractivity contribution in [3.8, 4) is 11.8 Å². The van der Waals surface area contributed by atoms with E-state index in [0.717, 1.165) is 35.5 Å². The largest absolute Gasteiger partial charge is 0.497 e. The van der Waals surface area contributed by atoms with Crippen LogP contribution in [-0.2, 0) is 19.7 Å². The fourth-order valence-electron chi connectivity index (χ4n) is 5.04. The van der Waals surface area contributed by atoms with Gasteiger partial charge in [-0.2, -0.15) is 5.26 Å². The van der Waals surface area contributed by atoms with Crippen LogP contribution in [0.4, 0.5) is 11.4 Å². The molecule has 0 saturated carbocycles. The molecule has 1 N–H and O–H groups in total. The quantitative estimate of drug-likeness (QED) is 0.449. The number of methoxy groups -OCH3 is 1. The topological polar surface area (TPSA) is 94.9 Å². The first-order chi connectivity index (χ1) is 17.4. The zero-order valence-corrected chi connectivity index (χ0v) is 21.0. The molecular weight excluding hydrogens is 456 g/mol. The predicted molar refractivity (Wildman–Crippen MR) is 138 cm³/mol. The van der Waals surface area contributed by atoms with Gasteiger partial charge in [0.1, 0.15) is 23.2 Å². The van der Waals surface area contributed by atoms with Gasteiger partial charge in [0, 0.05) is 52.1 Å². The van der Waals surface area contributed by atoms with Gasteiger partial charge in [0.15, 0.2) is 5.78 Å². The van der Waals surface area contributed by atoms with Crippen LogP contribution in [0.5, 0.6) is 5.75 Å². The van der Waals surface area contributed by atoms with Crippen LogP contribution in [0.15, 0.2) is 59.9 Å². The predicted octanol–water partition coefficient (Wildman–Crippen LogP) is 3.53. The minimum Gasteiger partial charge on any atom is -0.497 e. The number of carbonyl (C=O) groups excluding carboxylic acids is 2. The molecule has 2 aliphatic heterocycles. The molecule has 188 valence electrons. The Balaban J connectivity index is 1.41. The molecule has 2 aromatic carbocycles. The fraction of sp³-hybridized carbons (Fsp3) is 0.393. The normalized spacial score (nSPS) is 16.2. The van der Waals surface area contributed by atoms with Gasteiger partial charge in [-0.05, 0) is 42.7 Å². The van der Waals surface area contributed by atoms with E-state index >= 15 is 0 Å². The van der Waals surface area contributed by atoms with Crippen LogP contribution in [-0.4, -0.2) is 52.7 Å². The molecule has 1 fully saturated rings. The molecule has 1 amide bonds. The number of allylic oxidation sites excluding steroid dienone is 1. The van der Waals surface area contributed by atoms with Crippen LogP contribution in [0.3, 0.4) is 0 Å². The zero-order chi connectivity index (χ0) is 25.7. The summed E-state index contributed by atoms with van der Waals surface area (Å²) in [5.74, 6) is 0.767. The lowest BCUT2D eigenvalue weighted by Crippen LogP contribution is -2.44. The number of benzene rings is 2. The lowest BCUT2D eigenvalue weighted by atomic mass is 9.74. The number of nitrogens with zero attached hydrogens (tertiary/aromatic N) is 3. The van der Waals surface area contributed by atoms with Gasteiger partial charge in [0.2, 0.25) is 5.91 Å². The number of anilines is 2. The average molecular weight is 489 g/mol. The second kappa shape index (κ2) is 10.8. The molecule has 36 heavy (non-hydrogen) atoms. The number of hydrogen-bond acceptors (Lipinski definition) is 7. The summed E-state index contributed by atoms with van der Waals surface area (Å²) in [6.45, 7) is 1.72. The van der Waals surface area contributed by atoms with Gasteiger partial charge in [0.25, 0.3) is 0 Å². The standard InChI is InChI=1S/C28H32N4O4/c1-31-23-6-4-5-7-24(23)32(2)27(31)22(18-29)25(33)12-13-26(34)30-19-28(14-16-36-17-15-28)20-8-10-21(35-3)11-9-20/h4-11H,12-17,19H2,1-3H3,(H,30,34). The fourth-order valence-corrected chi connectivity index (χ4v) is 5.04. The number of carbonyl (C=O) groups is 2. The van der Waals surface area contributed by atoms with E-state index < -0.39 is 0 Å². The number of nitriles is 1. The Labute approximate surface area is 212 Å². The van der Waals surface area contributed by atoms with E-state index in [1.165, 1.54) is 0 Å². The maximum atomic E-state index is 13.0. The molecule has 0 bridgehead atoms. The molecule has 2 heterocycles. The van der Waals surface area contributed by atoms with Crippen LogP contribution in [0.25, 0.3) is 0 Å². The van der Waals surface area contributed by atoms with Gasteiger partial charge in [-0.1, -0.05) is 24.3 Å². The van der Waals surface area contributed by atoms with Gasteiger partial charge in [-0.25, -0.2) is 0 Å². The van der Waals surface area contributed by atoms with Crippen molar-refractivity contribution < 1.29 is 19.1 Å². The molecule has 0 atom stereocenters. The molecule has 2 aromatic rings. The van der Waals surface area contributed by atoms with Crippen LogP contribution >= 0.6 is 0 Å². The molecule has 0 radical (unpaired) electrons. The van der Waals surface area contributed by atoms with Gasteiger partial charge in [0.05, 0.1) is 18.5 Å². The number of fused-ring (bicyclic) bond motifs is 1. The summed E-state index contributed by atoms with van der Waals surface area (Å²) >= 11 is 0. The molecule has 8 nitrogen and oxygen atoms in total. The van der Waals surface area contributed by atoms with E-state index in [4.69, 9.17) is 9.47 Å². The van der Waals surface area contributed by atoms with E-state index in [2.05, 4.69) is 11.4 Å². The number of nitrogens with one attached hydrogen (secondary N) is 1. The molecular formula is C28H32N4O4. The Kier molecular flexibility index (Phi) is 7.61. The SMILES string of the molecule is COc1ccc(C2(CNC(=O)CCC(=O)C(C#N)=C3N(C)c4ccccc4N3C)CCOCC2)cc1. The Hall–Kier alpha value is -3.83. The summed E-state index contributed by atoms with van der Waals surface area (Å²) in [6, 6.07) is 17.7. The maximum Gasteiger partial charge on any atom is 0.220 e. The van der Waals surface area contributed by atoms with Crippen molar-refractivity contribution in [2.75, 3.05) is 50.8 Å². The second-order valence-electron chi connectivity index (χ2n) is 9.24. The molecule has 2 aliphatic rings. The minimum absolute atomic E-state index is 0.0207. The maximum absolute atomic E-state index is 13.0. The van der Waals surface area contributed by atoms with Crippen molar-refractivity contribution in [1.29, 1.82) is 5.26 Å². The van der Waals surface area contributed by atoms with Crippen LogP contribution < -0.4 is 19.9 Å². The number of ketones is 1. The minimum atomic E-state index is -0.343. The van der Waals surface area contributed by atoms with Crippen molar-refractivity contribution in [3.63, 3.8) is 0 Å². The summed E-state index contributed by atoms with van der Waals surface area (Å²) in [6.07, 6.45) is 1.58. The van der Waals surface area contributed by atoms with E-state index in [1.807, 2.05) is 72.4 Å². The Morgan fingerprint density at radius 3 is 2.19 bits per heavy atom. The van der Waals surface area contributed by atoms with E-state index in [-0.39, 0.29) is 35.5 Å². The van der Waals surface area contributed by atoms with Gasteiger partial charge < -0.3 is 24.6 Å². The van der Waals surface area contributed by atoms with Gasteiger partial charge in [-0.15, -0.1) is 0 Å². The first-order valence-electron chi connectivity index (χ1n) is 12.1. The summed E-state index contributed by atoms with van der Waals surface area (Å²) in [5, 5.41) is 12.8. The van der Waals surface area contributed by atoms with Crippen molar-refractivity contribution >= 4 is 23.1 Å². The Morgan fingerprint density at radius 1 is 1.03 bits per heavy atom. The molecule has 4 rings (SSSR count). The van der Waals surface area contributed by atoms with E-state index in [0.29, 0.717) is 25.6 Å². The molecule has 0 aliphatic carbocycles. The van der Waals surface area contributed by atoms with Crippen LogP contribution in [0, 0.1) is 11.3 Å². The number of ether oxygens (including phenoxy) is 2. The van der Waals surface area contributed by atoms with E-state index in [1.54, 1.807) is 7.11 Å². The van der Waals surface area contributed by atoms with E-state index in [9.17, 15) is 14.9 Å². The van der Waals surface area contributed by atoms with Gasteiger partial charge in [-0.3, -0.25) is 9.59 Å². The highest BCUT2D eigenvalue weighted by Gasteiger charge is 2.35.